The fourth-order valence-corrected chi connectivity index (χ4v) is 3.81. The quantitative estimate of drug-likeness (QED) is 0.595. The summed E-state index contributed by atoms with van der Waals surface area (Å²) < 4.78 is 0. The molecule has 2 fully saturated rings. The van der Waals surface area contributed by atoms with Crippen LogP contribution in [0, 0.1) is 22.7 Å². The van der Waals surface area contributed by atoms with Crippen molar-refractivity contribution in [2.75, 3.05) is 5.88 Å². The van der Waals surface area contributed by atoms with Crippen LogP contribution in [0.4, 0.5) is 0 Å². The van der Waals surface area contributed by atoms with Gasteiger partial charge in [0.05, 0.1) is 0 Å². The van der Waals surface area contributed by atoms with Gasteiger partial charge in [-0.15, -0.1) is 11.6 Å². The van der Waals surface area contributed by atoms with E-state index in [0.717, 1.165) is 6.42 Å². The maximum atomic E-state index is 12.1. The standard InChI is InChI=1S/C11H17ClO/c1-10(2)8-4-5-11(10,3)9(13)7(8)6-12/h7-8H,4-6H2,1-3H3/t7-,8+,11-/m0/s1. The van der Waals surface area contributed by atoms with Gasteiger partial charge in [0.15, 0.2) is 0 Å². The average Bonchev–Trinajstić information content (AvgIpc) is 2.36. The molecule has 0 amide bonds. The molecule has 2 aliphatic carbocycles. The van der Waals surface area contributed by atoms with Gasteiger partial charge in [-0.05, 0) is 24.2 Å². The number of ketones is 1. The predicted octanol–water partition coefficient (Wildman–Crippen LogP) is 2.87. The van der Waals surface area contributed by atoms with E-state index in [1.165, 1.54) is 6.42 Å². The summed E-state index contributed by atoms with van der Waals surface area (Å²) in [5.74, 6) is 1.60. The smallest absolute Gasteiger partial charge is 0.143 e. The SMILES string of the molecule is CC1(C)[C@@H]2CC[C@@]1(C)C(=O)[C@H]2CCl. The summed E-state index contributed by atoms with van der Waals surface area (Å²) in [4.78, 5) is 12.1. The molecule has 2 rings (SSSR count). The lowest BCUT2D eigenvalue weighted by molar-refractivity contribution is -0.131. The molecule has 2 aliphatic rings. The van der Waals surface area contributed by atoms with E-state index in [4.69, 9.17) is 11.6 Å². The molecule has 0 spiro atoms. The van der Waals surface area contributed by atoms with Crippen LogP contribution < -0.4 is 0 Å². The van der Waals surface area contributed by atoms with Crippen molar-refractivity contribution < 1.29 is 4.79 Å². The number of fused-ring (bicyclic) bond motifs is 2. The van der Waals surface area contributed by atoms with E-state index in [1.807, 2.05) is 0 Å². The van der Waals surface area contributed by atoms with Crippen molar-refractivity contribution in [3.8, 4) is 0 Å². The van der Waals surface area contributed by atoms with Gasteiger partial charge in [-0.3, -0.25) is 4.79 Å². The van der Waals surface area contributed by atoms with Crippen molar-refractivity contribution in [1.29, 1.82) is 0 Å². The molecule has 2 saturated carbocycles. The van der Waals surface area contributed by atoms with Crippen molar-refractivity contribution in [2.24, 2.45) is 22.7 Å². The van der Waals surface area contributed by atoms with E-state index < -0.39 is 0 Å². The third-order valence-corrected chi connectivity index (χ3v) is 5.17. The molecule has 0 aromatic carbocycles. The molecule has 13 heavy (non-hydrogen) atoms. The summed E-state index contributed by atoms with van der Waals surface area (Å²) in [6, 6.07) is 0. The summed E-state index contributed by atoms with van der Waals surface area (Å²) >= 11 is 5.87. The Kier molecular flexibility index (Phi) is 1.83. The van der Waals surface area contributed by atoms with Crippen molar-refractivity contribution in [2.45, 2.75) is 33.6 Å². The predicted molar refractivity (Wildman–Crippen MR) is 53.8 cm³/mol. The Bertz CT molecular complexity index is 259. The first-order valence-electron chi connectivity index (χ1n) is 5.05. The molecule has 1 nitrogen and oxygen atoms in total. The Morgan fingerprint density at radius 1 is 1.46 bits per heavy atom. The van der Waals surface area contributed by atoms with Gasteiger partial charge in [0.1, 0.15) is 5.78 Å². The number of carbonyl (C=O) groups is 1. The average molecular weight is 201 g/mol. The third-order valence-electron chi connectivity index (χ3n) is 4.84. The Morgan fingerprint density at radius 2 is 2.08 bits per heavy atom. The first-order valence-corrected chi connectivity index (χ1v) is 5.59. The lowest BCUT2D eigenvalue weighted by atomic mass is 9.70. The zero-order chi connectivity index (χ0) is 9.85. The Labute approximate surface area is 84.8 Å². The summed E-state index contributed by atoms with van der Waals surface area (Å²) in [5.41, 5.74) is 0.0842. The van der Waals surface area contributed by atoms with Crippen LogP contribution in [-0.2, 0) is 4.79 Å². The number of hydrogen-bond donors (Lipinski definition) is 0. The van der Waals surface area contributed by atoms with Crippen LogP contribution in [0.15, 0.2) is 0 Å². The highest BCUT2D eigenvalue weighted by atomic mass is 35.5. The van der Waals surface area contributed by atoms with Crippen LogP contribution >= 0.6 is 11.6 Å². The number of halogens is 1. The maximum absolute atomic E-state index is 12.1. The number of Topliss-reactive ketones (excluding diaryl/α,β-unsaturated/α-hetero) is 1. The van der Waals surface area contributed by atoms with Crippen molar-refractivity contribution in [1.82, 2.24) is 0 Å². The van der Waals surface area contributed by atoms with Gasteiger partial charge in [-0.1, -0.05) is 20.8 Å². The number of rotatable bonds is 1. The Morgan fingerprint density at radius 3 is 2.38 bits per heavy atom. The van der Waals surface area contributed by atoms with Crippen LogP contribution in [0.5, 0.6) is 0 Å². The first kappa shape index (κ1) is 9.51. The molecular formula is C11H17ClO. The number of carbonyl (C=O) groups excluding carboxylic acids is 1. The van der Waals surface area contributed by atoms with E-state index in [-0.39, 0.29) is 16.7 Å². The summed E-state index contributed by atoms with van der Waals surface area (Å²) in [7, 11) is 0. The highest BCUT2D eigenvalue weighted by molar-refractivity contribution is 6.20. The van der Waals surface area contributed by atoms with Crippen LogP contribution in [0.1, 0.15) is 33.6 Å². The molecule has 2 bridgehead atoms. The number of hydrogen-bond acceptors (Lipinski definition) is 1. The molecule has 0 heterocycles. The van der Waals surface area contributed by atoms with E-state index in [0.29, 0.717) is 17.6 Å². The van der Waals surface area contributed by atoms with Gasteiger partial charge in [-0.2, -0.15) is 0 Å². The lowest BCUT2D eigenvalue weighted by Crippen LogP contribution is -2.33. The minimum absolute atomic E-state index is 0.0861. The second kappa shape index (κ2) is 2.50. The Hall–Kier alpha value is -0.0400. The topological polar surface area (TPSA) is 17.1 Å². The first-order chi connectivity index (χ1) is 5.95. The maximum Gasteiger partial charge on any atom is 0.143 e. The summed E-state index contributed by atoms with van der Waals surface area (Å²) in [5, 5.41) is 0. The minimum Gasteiger partial charge on any atom is -0.299 e. The molecule has 0 N–H and O–H groups in total. The minimum atomic E-state index is -0.0861. The second-order valence-corrected chi connectivity index (χ2v) is 5.63. The molecule has 0 saturated heterocycles. The normalized spacial score (nSPS) is 47.2. The molecule has 74 valence electrons. The van der Waals surface area contributed by atoms with Gasteiger partial charge in [-0.25, -0.2) is 0 Å². The molecule has 0 aliphatic heterocycles. The molecule has 0 aromatic rings. The zero-order valence-corrected chi connectivity index (χ0v) is 9.32. The van der Waals surface area contributed by atoms with E-state index in [2.05, 4.69) is 20.8 Å². The van der Waals surface area contributed by atoms with Gasteiger partial charge >= 0.3 is 0 Å². The molecule has 0 aromatic heterocycles. The van der Waals surface area contributed by atoms with Crippen LogP contribution in [-0.4, -0.2) is 11.7 Å². The second-order valence-electron chi connectivity index (χ2n) is 5.32. The molecule has 0 radical (unpaired) electrons. The zero-order valence-electron chi connectivity index (χ0n) is 8.56. The molecule has 3 atom stereocenters. The Balaban J connectivity index is 2.44. The van der Waals surface area contributed by atoms with E-state index in [9.17, 15) is 4.79 Å². The fourth-order valence-electron chi connectivity index (χ4n) is 3.45. The molecule has 2 heteroatoms. The van der Waals surface area contributed by atoms with Crippen molar-refractivity contribution >= 4 is 17.4 Å². The fraction of sp³-hybridized carbons (Fsp3) is 0.909. The van der Waals surface area contributed by atoms with E-state index in [1.54, 1.807) is 0 Å². The van der Waals surface area contributed by atoms with E-state index >= 15 is 0 Å². The summed E-state index contributed by atoms with van der Waals surface area (Å²) in [6.07, 6.45) is 2.25. The highest BCUT2D eigenvalue weighted by Gasteiger charge is 2.65. The van der Waals surface area contributed by atoms with Gasteiger partial charge < -0.3 is 0 Å². The summed E-state index contributed by atoms with van der Waals surface area (Å²) in [6.45, 7) is 6.59. The lowest BCUT2D eigenvalue weighted by Gasteiger charge is -2.32. The third kappa shape index (κ3) is 0.869. The van der Waals surface area contributed by atoms with Crippen molar-refractivity contribution in [3.05, 3.63) is 0 Å². The highest BCUT2D eigenvalue weighted by Crippen LogP contribution is 2.65. The van der Waals surface area contributed by atoms with Gasteiger partial charge in [0, 0.05) is 17.2 Å². The van der Waals surface area contributed by atoms with Crippen molar-refractivity contribution in [3.63, 3.8) is 0 Å². The van der Waals surface area contributed by atoms with Crippen LogP contribution in [0.2, 0.25) is 0 Å². The monoisotopic (exact) mass is 200 g/mol. The molecular weight excluding hydrogens is 184 g/mol. The number of alkyl halides is 1. The van der Waals surface area contributed by atoms with Gasteiger partial charge in [0.2, 0.25) is 0 Å². The molecule has 0 unspecified atom stereocenters. The van der Waals surface area contributed by atoms with Crippen LogP contribution in [0.25, 0.3) is 0 Å². The largest absolute Gasteiger partial charge is 0.299 e. The van der Waals surface area contributed by atoms with Gasteiger partial charge in [0.25, 0.3) is 0 Å². The van der Waals surface area contributed by atoms with Crippen LogP contribution in [0.3, 0.4) is 0 Å².